The predicted molar refractivity (Wildman–Crippen MR) is 74.3 cm³/mol. The largest absolute Gasteiger partial charge is 0.382 e. The van der Waals surface area contributed by atoms with Crippen LogP contribution < -0.4 is 5.32 Å². The van der Waals surface area contributed by atoms with Crippen LogP contribution in [0.25, 0.3) is 0 Å². The van der Waals surface area contributed by atoms with Crippen LogP contribution in [0.5, 0.6) is 0 Å². The van der Waals surface area contributed by atoms with Crippen LogP contribution >= 0.6 is 15.9 Å². The highest BCUT2D eigenvalue weighted by Gasteiger charge is 2.01. The lowest BCUT2D eigenvalue weighted by Crippen LogP contribution is -2.11. The number of aromatic nitrogens is 2. The smallest absolute Gasteiger partial charge is 0.0952 e. The number of anilines is 1. The lowest BCUT2D eigenvalue weighted by atomic mass is 10.3. The Bertz CT molecular complexity index is 505. The van der Waals surface area contributed by atoms with Gasteiger partial charge in [-0.1, -0.05) is 12.1 Å². The maximum absolute atomic E-state index is 4.29. The molecule has 0 spiro atoms. The van der Waals surface area contributed by atoms with Crippen molar-refractivity contribution in [2.45, 2.75) is 20.4 Å². The van der Waals surface area contributed by atoms with Crippen molar-refractivity contribution in [1.82, 2.24) is 9.55 Å². The van der Waals surface area contributed by atoms with E-state index in [1.165, 1.54) is 5.69 Å². The van der Waals surface area contributed by atoms with Gasteiger partial charge in [-0.05, 0) is 41.9 Å². The summed E-state index contributed by atoms with van der Waals surface area (Å²) in [5.74, 6) is 0. The fraction of sp³-hybridized carbons (Fsp3) is 0.308. The van der Waals surface area contributed by atoms with E-state index in [4.69, 9.17) is 0 Å². The highest BCUT2D eigenvalue weighted by Crippen LogP contribution is 2.20. The molecule has 1 aromatic heterocycles. The molecular weight excluding hydrogens is 278 g/mol. The maximum atomic E-state index is 4.29. The summed E-state index contributed by atoms with van der Waals surface area (Å²) < 4.78 is 3.26. The SMILES string of the molecule is Cc1ncn(CCNc2ccccc2Br)c1C. The molecule has 0 saturated carbocycles. The number of halogens is 1. The summed E-state index contributed by atoms with van der Waals surface area (Å²) in [4.78, 5) is 4.29. The number of hydrogen-bond donors (Lipinski definition) is 1. The van der Waals surface area contributed by atoms with Gasteiger partial charge in [0.05, 0.1) is 12.0 Å². The van der Waals surface area contributed by atoms with E-state index in [1.54, 1.807) is 0 Å². The molecule has 0 unspecified atom stereocenters. The monoisotopic (exact) mass is 293 g/mol. The van der Waals surface area contributed by atoms with Gasteiger partial charge in [0.15, 0.2) is 0 Å². The van der Waals surface area contributed by atoms with Gasteiger partial charge in [-0.3, -0.25) is 0 Å². The van der Waals surface area contributed by atoms with Crippen LogP contribution in [0.4, 0.5) is 5.69 Å². The molecule has 3 nitrogen and oxygen atoms in total. The Morgan fingerprint density at radius 1 is 1.29 bits per heavy atom. The zero-order chi connectivity index (χ0) is 12.3. The van der Waals surface area contributed by atoms with E-state index in [0.717, 1.165) is 28.9 Å². The molecule has 0 aliphatic carbocycles. The summed E-state index contributed by atoms with van der Waals surface area (Å²) in [5, 5.41) is 3.40. The van der Waals surface area contributed by atoms with Crippen molar-refractivity contribution < 1.29 is 0 Å². The van der Waals surface area contributed by atoms with Crippen molar-refractivity contribution in [2.24, 2.45) is 0 Å². The first-order chi connectivity index (χ1) is 8.18. The minimum absolute atomic E-state index is 0.888. The average molecular weight is 294 g/mol. The van der Waals surface area contributed by atoms with Crippen LogP contribution in [0.15, 0.2) is 35.1 Å². The fourth-order valence-corrected chi connectivity index (χ4v) is 2.11. The molecule has 0 radical (unpaired) electrons. The molecule has 17 heavy (non-hydrogen) atoms. The molecule has 0 atom stereocenters. The summed E-state index contributed by atoms with van der Waals surface area (Å²) >= 11 is 3.52. The van der Waals surface area contributed by atoms with E-state index in [9.17, 15) is 0 Å². The van der Waals surface area contributed by atoms with Crippen LogP contribution in [0, 0.1) is 13.8 Å². The average Bonchev–Trinajstić information content (AvgIpc) is 2.63. The summed E-state index contributed by atoms with van der Waals surface area (Å²) in [6.45, 7) is 5.95. The maximum Gasteiger partial charge on any atom is 0.0952 e. The molecular formula is C13H16BrN3. The van der Waals surface area contributed by atoms with Crippen LogP contribution in [0.3, 0.4) is 0 Å². The van der Waals surface area contributed by atoms with Crippen LogP contribution in [-0.4, -0.2) is 16.1 Å². The van der Waals surface area contributed by atoms with E-state index >= 15 is 0 Å². The summed E-state index contributed by atoms with van der Waals surface area (Å²) in [7, 11) is 0. The summed E-state index contributed by atoms with van der Waals surface area (Å²) in [6, 6.07) is 8.14. The number of rotatable bonds is 4. The number of benzene rings is 1. The predicted octanol–water partition coefficient (Wildman–Crippen LogP) is 3.37. The number of para-hydroxylation sites is 1. The van der Waals surface area contributed by atoms with E-state index in [0.29, 0.717) is 0 Å². The summed E-state index contributed by atoms with van der Waals surface area (Å²) in [6.07, 6.45) is 1.90. The van der Waals surface area contributed by atoms with E-state index in [2.05, 4.69) is 43.8 Å². The van der Waals surface area contributed by atoms with Gasteiger partial charge in [0.2, 0.25) is 0 Å². The standard InChI is InChI=1S/C13H16BrN3/c1-10-11(2)17(9-16-10)8-7-15-13-6-4-3-5-12(13)14/h3-6,9,15H,7-8H2,1-2H3. The topological polar surface area (TPSA) is 29.9 Å². The van der Waals surface area contributed by atoms with Crippen LogP contribution in [0.2, 0.25) is 0 Å². The second-order valence-electron chi connectivity index (χ2n) is 4.02. The first-order valence-corrected chi connectivity index (χ1v) is 6.44. The van der Waals surface area contributed by atoms with E-state index in [-0.39, 0.29) is 0 Å². The van der Waals surface area contributed by atoms with Gasteiger partial charge in [-0.2, -0.15) is 0 Å². The zero-order valence-corrected chi connectivity index (χ0v) is 11.7. The molecule has 2 aromatic rings. The Labute approximate surface area is 110 Å². The molecule has 1 heterocycles. The molecule has 2 rings (SSSR count). The highest BCUT2D eigenvalue weighted by molar-refractivity contribution is 9.10. The first-order valence-electron chi connectivity index (χ1n) is 5.65. The number of hydrogen-bond acceptors (Lipinski definition) is 2. The van der Waals surface area contributed by atoms with Crippen molar-refractivity contribution >= 4 is 21.6 Å². The Balaban J connectivity index is 1.92. The van der Waals surface area contributed by atoms with Crippen molar-refractivity contribution in [1.29, 1.82) is 0 Å². The molecule has 90 valence electrons. The van der Waals surface area contributed by atoms with Gasteiger partial charge >= 0.3 is 0 Å². The Morgan fingerprint density at radius 3 is 2.71 bits per heavy atom. The van der Waals surface area contributed by atoms with Crippen LogP contribution in [0.1, 0.15) is 11.4 Å². The molecule has 0 aliphatic heterocycles. The Morgan fingerprint density at radius 2 is 2.06 bits per heavy atom. The van der Waals surface area contributed by atoms with Crippen molar-refractivity contribution in [3.05, 3.63) is 46.5 Å². The number of aryl methyl sites for hydroxylation is 1. The second kappa shape index (κ2) is 5.36. The lowest BCUT2D eigenvalue weighted by Gasteiger charge is -2.09. The molecule has 1 N–H and O–H groups in total. The third-order valence-corrected chi connectivity index (χ3v) is 3.58. The minimum Gasteiger partial charge on any atom is -0.382 e. The van der Waals surface area contributed by atoms with E-state index in [1.807, 2.05) is 31.5 Å². The van der Waals surface area contributed by atoms with Gasteiger partial charge in [-0.15, -0.1) is 0 Å². The second-order valence-corrected chi connectivity index (χ2v) is 4.87. The van der Waals surface area contributed by atoms with Gasteiger partial charge in [0.1, 0.15) is 0 Å². The Hall–Kier alpha value is -1.29. The minimum atomic E-state index is 0.888. The molecule has 0 amide bonds. The molecule has 4 heteroatoms. The van der Waals surface area contributed by atoms with Crippen molar-refractivity contribution in [2.75, 3.05) is 11.9 Å². The van der Waals surface area contributed by atoms with Gasteiger partial charge in [0.25, 0.3) is 0 Å². The number of nitrogens with one attached hydrogen (secondary N) is 1. The molecule has 0 bridgehead atoms. The normalized spacial score (nSPS) is 10.5. The molecule has 1 aromatic carbocycles. The van der Waals surface area contributed by atoms with Crippen molar-refractivity contribution in [3.8, 4) is 0 Å². The van der Waals surface area contributed by atoms with Gasteiger partial charge < -0.3 is 9.88 Å². The quantitative estimate of drug-likeness (QED) is 0.937. The third-order valence-electron chi connectivity index (χ3n) is 2.89. The lowest BCUT2D eigenvalue weighted by molar-refractivity contribution is 0.705. The van der Waals surface area contributed by atoms with E-state index < -0.39 is 0 Å². The van der Waals surface area contributed by atoms with Crippen LogP contribution in [-0.2, 0) is 6.54 Å². The highest BCUT2D eigenvalue weighted by atomic mass is 79.9. The van der Waals surface area contributed by atoms with Gasteiger partial charge in [-0.25, -0.2) is 4.98 Å². The fourth-order valence-electron chi connectivity index (χ4n) is 1.69. The number of imidazole rings is 1. The zero-order valence-electron chi connectivity index (χ0n) is 10.1. The summed E-state index contributed by atoms with van der Waals surface area (Å²) in [5.41, 5.74) is 3.46. The Kier molecular flexibility index (Phi) is 3.84. The van der Waals surface area contributed by atoms with Crippen molar-refractivity contribution in [3.63, 3.8) is 0 Å². The molecule has 0 fully saturated rings. The van der Waals surface area contributed by atoms with Gasteiger partial charge in [0, 0.05) is 28.9 Å². The number of nitrogens with zero attached hydrogens (tertiary/aromatic N) is 2. The third kappa shape index (κ3) is 2.88. The molecule has 0 aliphatic rings. The first kappa shape index (κ1) is 12.2. The molecule has 0 saturated heterocycles.